The maximum Gasteiger partial charge on any atom is 0.573 e. The SMILES string of the molecule is C=CCNC(CN)c1cccc(OC(F)(F)F)c1. The van der Waals surface area contributed by atoms with Gasteiger partial charge < -0.3 is 15.8 Å². The van der Waals surface area contributed by atoms with Crippen molar-refractivity contribution < 1.29 is 17.9 Å². The second kappa shape index (κ2) is 6.42. The Hall–Kier alpha value is -1.53. The summed E-state index contributed by atoms with van der Waals surface area (Å²) in [5.41, 5.74) is 6.20. The molecule has 1 unspecified atom stereocenters. The molecule has 100 valence electrons. The van der Waals surface area contributed by atoms with E-state index >= 15 is 0 Å². The average Bonchev–Trinajstić information content (AvgIpc) is 2.28. The van der Waals surface area contributed by atoms with E-state index in [-0.39, 0.29) is 18.3 Å². The summed E-state index contributed by atoms with van der Waals surface area (Å²) in [5.74, 6) is -0.251. The van der Waals surface area contributed by atoms with E-state index in [0.29, 0.717) is 12.1 Å². The molecule has 0 aliphatic rings. The molecular formula is C12H15F3N2O. The van der Waals surface area contributed by atoms with Crippen LogP contribution in [0.2, 0.25) is 0 Å². The Labute approximate surface area is 103 Å². The third-order valence-corrected chi connectivity index (χ3v) is 2.24. The number of hydrogen-bond donors (Lipinski definition) is 2. The lowest BCUT2D eigenvalue weighted by Gasteiger charge is -2.17. The van der Waals surface area contributed by atoms with Gasteiger partial charge in [0.2, 0.25) is 0 Å². The van der Waals surface area contributed by atoms with E-state index in [4.69, 9.17) is 5.73 Å². The summed E-state index contributed by atoms with van der Waals surface area (Å²) in [7, 11) is 0. The first-order valence-corrected chi connectivity index (χ1v) is 5.36. The molecule has 0 bridgehead atoms. The van der Waals surface area contributed by atoms with Crippen molar-refractivity contribution in [1.82, 2.24) is 5.32 Å². The lowest BCUT2D eigenvalue weighted by molar-refractivity contribution is -0.274. The zero-order chi connectivity index (χ0) is 13.6. The van der Waals surface area contributed by atoms with Gasteiger partial charge in [-0.1, -0.05) is 18.2 Å². The van der Waals surface area contributed by atoms with Crippen LogP contribution < -0.4 is 15.8 Å². The molecule has 0 saturated carbocycles. The smallest absolute Gasteiger partial charge is 0.406 e. The number of ether oxygens (including phenoxy) is 1. The second-order valence-corrected chi connectivity index (χ2v) is 3.61. The minimum absolute atomic E-state index is 0.236. The quantitative estimate of drug-likeness (QED) is 0.772. The van der Waals surface area contributed by atoms with Crippen molar-refractivity contribution >= 4 is 0 Å². The zero-order valence-electron chi connectivity index (χ0n) is 9.70. The maximum atomic E-state index is 12.1. The summed E-state index contributed by atoms with van der Waals surface area (Å²) < 4.78 is 40.1. The van der Waals surface area contributed by atoms with Gasteiger partial charge in [0.05, 0.1) is 0 Å². The summed E-state index contributed by atoms with van der Waals surface area (Å²) in [4.78, 5) is 0. The molecule has 6 heteroatoms. The van der Waals surface area contributed by atoms with Gasteiger partial charge in [-0.3, -0.25) is 0 Å². The maximum absolute atomic E-state index is 12.1. The van der Waals surface area contributed by atoms with Gasteiger partial charge in [0.1, 0.15) is 5.75 Å². The van der Waals surface area contributed by atoms with Crippen molar-refractivity contribution in [3.63, 3.8) is 0 Å². The molecule has 0 heterocycles. The minimum atomic E-state index is -4.69. The molecule has 3 N–H and O–H groups in total. The van der Waals surface area contributed by atoms with Crippen LogP contribution in [0.4, 0.5) is 13.2 Å². The van der Waals surface area contributed by atoms with E-state index in [1.807, 2.05) is 0 Å². The normalized spacial score (nSPS) is 13.1. The van der Waals surface area contributed by atoms with E-state index in [1.54, 1.807) is 12.1 Å². The molecule has 1 rings (SSSR count). The summed E-state index contributed by atoms with van der Waals surface area (Å²) in [6, 6.07) is 5.52. The van der Waals surface area contributed by atoms with Crippen LogP contribution in [0.1, 0.15) is 11.6 Å². The highest BCUT2D eigenvalue weighted by molar-refractivity contribution is 5.31. The van der Waals surface area contributed by atoms with Crippen LogP contribution in [0.5, 0.6) is 5.75 Å². The van der Waals surface area contributed by atoms with Gasteiger partial charge in [-0.2, -0.15) is 0 Å². The molecule has 1 aromatic rings. The Balaban J connectivity index is 2.82. The van der Waals surface area contributed by atoms with Crippen LogP contribution in [0.3, 0.4) is 0 Å². The number of alkyl halides is 3. The van der Waals surface area contributed by atoms with E-state index < -0.39 is 6.36 Å². The Bertz CT molecular complexity index is 393. The second-order valence-electron chi connectivity index (χ2n) is 3.61. The van der Waals surface area contributed by atoms with Gasteiger partial charge >= 0.3 is 6.36 Å². The molecule has 3 nitrogen and oxygen atoms in total. The topological polar surface area (TPSA) is 47.3 Å². The van der Waals surface area contributed by atoms with Crippen molar-refractivity contribution in [2.45, 2.75) is 12.4 Å². The summed E-state index contributed by atoms with van der Waals surface area (Å²) in [5, 5.41) is 3.05. The van der Waals surface area contributed by atoms with Gasteiger partial charge in [0.25, 0.3) is 0 Å². The van der Waals surface area contributed by atoms with Crippen LogP contribution >= 0.6 is 0 Å². The average molecular weight is 260 g/mol. The Morgan fingerprint density at radius 2 is 2.17 bits per heavy atom. The van der Waals surface area contributed by atoms with Crippen LogP contribution in [0.15, 0.2) is 36.9 Å². The summed E-state index contributed by atoms with van der Waals surface area (Å²) in [6.07, 6.45) is -3.04. The molecule has 0 saturated heterocycles. The fourth-order valence-electron chi connectivity index (χ4n) is 1.49. The summed E-state index contributed by atoms with van der Waals surface area (Å²) in [6.45, 7) is 4.34. The fraction of sp³-hybridized carbons (Fsp3) is 0.333. The lowest BCUT2D eigenvalue weighted by atomic mass is 10.1. The fourth-order valence-corrected chi connectivity index (χ4v) is 1.49. The Kier molecular flexibility index (Phi) is 5.18. The van der Waals surface area contributed by atoms with E-state index in [9.17, 15) is 13.2 Å². The molecule has 0 spiro atoms. The summed E-state index contributed by atoms with van der Waals surface area (Å²) >= 11 is 0. The Morgan fingerprint density at radius 1 is 1.44 bits per heavy atom. The molecule has 0 aliphatic heterocycles. The highest BCUT2D eigenvalue weighted by Gasteiger charge is 2.31. The number of nitrogens with one attached hydrogen (secondary N) is 1. The van der Waals surface area contributed by atoms with Gasteiger partial charge in [-0.15, -0.1) is 19.8 Å². The molecule has 0 radical (unpaired) electrons. The molecular weight excluding hydrogens is 245 g/mol. The van der Waals surface area contributed by atoms with E-state index in [1.165, 1.54) is 18.2 Å². The Morgan fingerprint density at radius 3 is 2.72 bits per heavy atom. The van der Waals surface area contributed by atoms with Crippen molar-refractivity contribution in [3.8, 4) is 5.75 Å². The first-order valence-electron chi connectivity index (χ1n) is 5.36. The lowest BCUT2D eigenvalue weighted by Crippen LogP contribution is -2.28. The molecule has 0 aromatic heterocycles. The third-order valence-electron chi connectivity index (χ3n) is 2.24. The highest BCUT2D eigenvalue weighted by Crippen LogP contribution is 2.25. The number of rotatable bonds is 6. The van der Waals surface area contributed by atoms with Crippen molar-refractivity contribution in [3.05, 3.63) is 42.5 Å². The van der Waals surface area contributed by atoms with Crippen LogP contribution in [0, 0.1) is 0 Å². The van der Waals surface area contributed by atoms with Crippen LogP contribution in [0.25, 0.3) is 0 Å². The molecule has 0 aliphatic carbocycles. The minimum Gasteiger partial charge on any atom is -0.406 e. The molecule has 0 fully saturated rings. The monoisotopic (exact) mass is 260 g/mol. The zero-order valence-corrected chi connectivity index (χ0v) is 9.70. The van der Waals surface area contributed by atoms with Crippen molar-refractivity contribution in [1.29, 1.82) is 0 Å². The first-order chi connectivity index (χ1) is 8.46. The number of nitrogens with two attached hydrogens (primary N) is 1. The van der Waals surface area contributed by atoms with Crippen molar-refractivity contribution in [2.75, 3.05) is 13.1 Å². The predicted molar refractivity (Wildman–Crippen MR) is 63.1 cm³/mol. The molecule has 18 heavy (non-hydrogen) atoms. The first kappa shape index (κ1) is 14.5. The highest BCUT2D eigenvalue weighted by atomic mass is 19.4. The number of halogens is 3. The van der Waals surface area contributed by atoms with Gasteiger partial charge in [-0.25, -0.2) is 0 Å². The third kappa shape index (κ3) is 4.77. The standard InChI is InChI=1S/C12H15F3N2O/c1-2-6-17-11(8-16)9-4-3-5-10(7-9)18-12(13,14)15/h2-5,7,11,17H,1,6,8,16H2. The van der Waals surface area contributed by atoms with Gasteiger partial charge in [-0.05, 0) is 17.7 Å². The van der Waals surface area contributed by atoms with E-state index in [2.05, 4.69) is 16.6 Å². The predicted octanol–water partition coefficient (Wildman–Crippen LogP) is 2.36. The number of benzene rings is 1. The molecule has 1 atom stereocenters. The van der Waals surface area contributed by atoms with Crippen LogP contribution in [-0.2, 0) is 0 Å². The van der Waals surface area contributed by atoms with Gasteiger partial charge in [0.15, 0.2) is 0 Å². The van der Waals surface area contributed by atoms with Crippen molar-refractivity contribution in [2.24, 2.45) is 5.73 Å². The largest absolute Gasteiger partial charge is 0.573 e. The molecule has 1 aromatic carbocycles. The molecule has 0 amide bonds. The van der Waals surface area contributed by atoms with Gasteiger partial charge in [0, 0.05) is 19.1 Å². The van der Waals surface area contributed by atoms with E-state index in [0.717, 1.165) is 0 Å². The van der Waals surface area contributed by atoms with Crippen LogP contribution in [-0.4, -0.2) is 19.5 Å². The number of hydrogen-bond acceptors (Lipinski definition) is 3.